The number of hydrogen-bond acceptors (Lipinski definition) is 4. The Labute approximate surface area is 107 Å². The molecular formula is C14H19N3O. The number of fused-ring (bicyclic) bond motifs is 1. The molecule has 0 aliphatic rings. The first kappa shape index (κ1) is 13.0. The van der Waals surface area contributed by atoms with E-state index in [9.17, 15) is 0 Å². The van der Waals surface area contributed by atoms with Crippen molar-refractivity contribution in [1.29, 1.82) is 0 Å². The number of nitrogens with zero attached hydrogens (tertiary/aromatic N) is 1. The van der Waals surface area contributed by atoms with E-state index in [0.717, 1.165) is 29.5 Å². The molecule has 4 heteroatoms. The fourth-order valence-electron chi connectivity index (χ4n) is 1.86. The van der Waals surface area contributed by atoms with Crippen molar-refractivity contribution >= 4 is 10.9 Å². The lowest BCUT2D eigenvalue weighted by Gasteiger charge is -2.16. The molecule has 0 amide bonds. The minimum Gasteiger partial charge on any atom is -0.379 e. The number of aromatic nitrogens is 1. The Balaban J connectivity index is 2.17. The zero-order valence-electron chi connectivity index (χ0n) is 10.6. The first-order valence-electron chi connectivity index (χ1n) is 6.23. The van der Waals surface area contributed by atoms with Gasteiger partial charge in [-0.2, -0.15) is 0 Å². The van der Waals surface area contributed by atoms with Crippen LogP contribution in [-0.2, 0) is 4.74 Å². The number of nitrogens with one attached hydrogen (secondary N) is 1. The van der Waals surface area contributed by atoms with Gasteiger partial charge in [-0.05, 0) is 24.1 Å². The van der Waals surface area contributed by atoms with Gasteiger partial charge < -0.3 is 4.74 Å². The maximum Gasteiger partial charge on any atom is 0.0709 e. The van der Waals surface area contributed by atoms with Crippen molar-refractivity contribution in [2.24, 2.45) is 5.84 Å². The minimum atomic E-state index is -0.0198. The average molecular weight is 245 g/mol. The van der Waals surface area contributed by atoms with Gasteiger partial charge >= 0.3 is 0 Å². The number of nitrogens with two attached hydrogens (primary N) is 1. The summed E-state index contributed by atoms with van der Waals surface area (Å²) in [6.07, 6.45) is 2.86. The van der Waals surface area contributed by atoms with E-state index in [-0.39, 0.29) is 6.04 Å². The van der Waals surface area contributed by atoms with Crippen LogP contribution in [0.3, 0.4) is 0 Å². The number of pyridine rings is 1. The SMILES string of the molecule is CCCOCC(NN)c1cnc2ccccc2c1. The Hall–Kier alpha value is -1.49. The molecule has 0 bridgehead atoms. The van der Waals surface area contributed by atoms with Gasteiger partial charge in [-0.1, -0.05) is 25.1 Å². The summed E-state index contributed by atoms with van der Waals surface area (Å²) in [5.74, 6) is 5.57. The van der Waals surface area contributed by atoms with E-state index >= 15 is 0 Å². The molecule has 1 aromatic carbocycles. The van der Waals surface area contributed by atoms with Gasteiger partial charge in [0.2, 0.25) is 0 Å². The van der Waals surface area contributed by atoms with E-state index in [0.29, 0.717) is 6.61 Å². The number of benzene rings is 1. The molecular weight excluding hydrogens is 226 g/mol. The van der Waals surface area contributed by atoms with Crippen LogP contribution in [0.2, 0.25) is 0 Å². The zero-order chi connectivity index (χ0) is 12.8. The van der Waals surface area contributed by atoms with Crippen LogP contribution >= 0.6 is 0 Å². The molecule has 0 saturated heterocycles. The van der Waals surface area contributed by atoms with Crippen LogP contribution < -0.4 is 11.3 Å². The summed E-state index contributed by atoms with van der Waals surface area (Å²) in [6, 6.07) is 10.1. The molecule has 0 fully saturated rings. The standard InChI is InChI=1S/C14H19N3O/c1-2-7-18-10-14(17-15)12-8-11-5-3-4-6-13(11)16-9-12/h3-6,8-9,14,17H,2,7,10,15H2,1H3. The number of hydrazine groups is 1. The van der Waals surface area contributed by atoms with Crippen molar-refractivity contribution in [3.8, 4) is 0 Å². The highest BCUT2D eigenvalue weighted by atomic mass is 16.5. The second-order valence-corrected chi connectivity index (χ2v) is 4.26. The molecule has 3 N–H and O–H groups in total. The maximum atomic E-state index is 5.57. The quantitative estimate of drug-likeness (QED) is 0.465. The van der Waals surface area contributed by atoms with Gasteiger partial charge in [0.05, 0.1) is 18.2 Å². The molecule has 0 saturated carbocycles. The van der Waals surface area contributed by atoms with Crippen molar-refractivity contribution in [2.45, 2.75) is 19.4 Å². The van der Waals surface area contributed by atoms with Crippen LogP contribution in [0.5, 0.6) is 0 Å². The number of ether oxygens (including phenoxy) is 1. The number of para-hydroxylation sites is 1. The van der Waals surface area contributed by atoms with Crippen LogP contribution in [0.1, 0.15) is 24.9 Å². The summed E-state index contributed by atoms with van der Waals surface area (Å²) in [5.41, 5.74) is 4.82. The van der Waals surface area contributed by atoms with E-state index in [4.69, 9.17) is 10.6 Å². The summed E-state index contributed by atoms with van der Waals surface area (Å²) in [6.45, 7) is 3.39. The van der Waals surface area contributed by atoms with E-state index in [1.165, 1.54) is 0 Å². The molecule has 1 atom stereocenters. The normalized spacial score (nSPS) is 12.8. The molecule has 0 aliphatic heterocycles. The highest BCUT2D eigenvalue weighted by Crippen LogP contribution is 2.18. The number of hydrogen-bond donors (Lipinski definition) is 2. The van der Waals surface area contributed by atoms with E-state index in [2.05, 4.69) is 23.4 Å². The van der Waals surface area contributed by atoms with Crippen LogP contribution in [-0.4, -0.2) is 18.2 Å². The zero-order valence-corrected chi connectivity index (χ0v) is 10.6. The van der Waals surface area contributed by atoms with Crippen molar-refractivity contribution < 1.29 is 4.74 Å². The van der Waals surface area contributed by atoms with E-state index < -0.39 is 0 Å². The van der Waals surface area contributed by atoms with Gasteiger partial charge in [-0.15, -0.1) is 0 Å². The van der Waals surface area contributed by atoms with Gasteiger partial charge in [-0.3, -0.25) is 16.3 Å². The lowest BCUT2D eigenvalue weighted by molar-refractivity contribution is 0.112. The molecule has 0 radical (unpaired) electrons. The van der Waals surface area contributed by atoms with Crippen molar-refractivity contribution in [2.75, 3.05) is 13.2 Å². The van der Waals surface area contributed by atoms with Crippen LogP contribution in [0, 0.1) is 0 Å². The van der Waals surface area contributed by atoms with Crippen LogP contribution in [0.25, 0.3) is 10.9 Å². The molecule has 0 spiro atoms. The van der Waals surface area contributed by atoms with Gasteiger partial charge in [0.25, 0.3) is 0 Å². The first-order chi connectivity index (χ1) is 8.85. The molecule has 1 aromatic heterocycles. The van der Waals surface area contributed by atoms with Crippen molar-refractivity contribution in [3.63, 3.8) is 0 Å². The maximum absolute atomic E-state index is 5.57. The summed E-state index contributed by atoms with van der Waals surface area (Å²) < 4.78 is 5.53. The first-order valence-corrected chi connectivity index (χ1v) is 6.23. The molecule has 2 rings (SSSR count). The third-order valence-electron chi connectivity index (χ3n) is 2.85. The lowest BCUT2D eigenvalue weighted by atomic mass is 10.1. The third-order valence-corrected chi connectivity index (χ3v) is 2.85. The highest BCUT2D eigenvalue weighted by molar-refractivity contribution is 5.78. The Morgan fingerprint density at radius 1 is 1.39 bits per heavy atom. The predicted octanol–water partition coefficient (Wildman–Crippen LogP) is 2.17. The lowest BCUT2D eigenvalue weighted by Crippen LogP contribution is -2.31. The summed E-state index contributed by atoms with van der Waals surface area (Å²) >= 11 is 0. The van der Waals surface area contributed by atoms with E-state index in [1.54, 1.807) is 0 Å². The van der Waals surface area contributed by atoms with Gasteiger partial charge in [-0.25, -0.2) is 0 Å². The van der Waals surface area contributed by atoms with Crippen molar-refractivity contribution in [3.05, 3.63) is 42.1 Å². The molecule has 18 heavy (non-hydrogen) atoms. The average Bonchev–Trinajstić information content (AvgIpc) is 2.43. The van der Waals surface area contributed by atoms with Crippen LogP contribution in [0.15, 0.2) is 36.5 Å². The van der Waals surface area contributed by atoms with Gasteiger partial charge in [0.1, 0.15) is 0 Å². The van der Waals surface area contributed by atoms with Crippen molar-refractivity contribution in [1.82, 2.24) is 10.4 Å². The predicted molar refractivity (Wildman–Crippen MR) is 72.9 cm³/mol. The Morgan fingerprint density at radius 2 is 2.22 bits per heavy atom. The summed E-state index contributed by atoms with van der Waals surface area (Å²) in [4.78, 5) is 4.43. The summed E-state index contributed by atoms with van der Waals surface area (Å²) in [7, 11) is 0. The third kappa shape index (κ3) is 3.04. The number of rotatable bonds is 6. The van der Waals surface area contributed by atoms with Crippen LogP contribution in [0.4, 0.5) is 0 Å². The second kappa shape index (κ2) is 6.44. The fraction of sp³-hybridized carbons (Fsp3) is 0.357. The molecule has 2 aromatic rings. The molecule has 1 unspecified atom stereocenters. The fourth-order valence-corrected chi connectivity index (χ4v) is 1.86. The Kier molecular flexibility index (Phi) is 4.64. The topological polar surface area (TPSA) is 60.2 Å². The van der Waals surface area contributed by atoms with Gasteiger partial charge in [0, 0.05) is 18.2 Å². The molecule has 0 aliphatic carbocycles. The van der Waals surface area contributed by atoms with Gasteiger partial charge in [0.15, 0.2) is 0 Å². The molecule has 1 heterocycles. The Bertz CT molecular complexity index is 501. The largest absolute Gasteiger partial charge is 0.379 e. The minimum absolute atomic E-state index is 0.0198. The molecule has 96 valence electrons. The van der Waals surface area contributed by atoms with E-state index in [1.807, 2.05) is 30.5 Å². The Morgan fingerprint density at radius 3 is 3.00 bits per heavy atom. The highest BCUT2D eigenvalue weighted by Gasteiger charge is 2.10. The second-order valence-electron chi connectivity index (χ2n) is 4.26. The monoisotopic (exact) mass is 245 g/mol. The summed E-state index contributed by atoms with van der Waals surface area (Å²) in [5, 5.41) is 1.12. The molecule has 4 nitrogen and oxygen atoms in total. The smallest absolute Gasteiger partial charge is 0.0709 e.